The van der Waals surface area contributed by atoms with Crippen molar-refractivity contribution in [1.82, 2.24) is 0 Å². The van der Waals surface area contributed by atoms with Gasteiger partial charge in [-0.25, -0.2) is 0 Å². The summed E-state index contributed by atoms with van der Waals surface area (Å²) in [6.45, 7) is 2.30. The minimum Gasteiger partial charge on any atom is -0.379 e. The van der Waals surface area contributed by atoms with Crippen LogP contribution in [0.4, 0.5) is 5.69 Å². The molecule has 0 radical (unpaired) electrons. The first-order valence-corrected chi connectivity index (χ1v) is 6.62. The van der Waals surface area contributed by atoms with Gasteiger partial charge in [0, 0.05) is 36.5 Å². The second kappa shape index (κ2) is 6.21. The predicted molar refractivity (Wildman–Crippen MR) is 73.7 cm³/mol. The van der Waals surface area contributed by atoms with Gasteiger partial charge in [0.05, 0.1) is 6.61 Å². The third-order valence-electron chi connectivity index (χ3n) is 3.15. The van der Waals surface area contributed by atoms with Crippen LogP contribution in [0.5, 0.6) is 0 Å². The number of nitrogens with zero attached hydrogens (tertiary/aromatic N) is 1. The maximum absolute atomic E-state index is 11.0. The Bertz CT molecular complexity index is 418. The molecule has 1 saturated carbocycles. The first kappa shape index (κ1) is 13.4. The van der Waals surface area contributed by atoms with Gasteiger partial charge in [-0.1, -0.05) is 11.6 Å². The van der Waals surface area contributed by atoms with Gasteiger partial charge in [-0.05, 0) is 37.0 Å². The molecule has 2 rings (SSSR count). The number of aldehydes is 1. The van der Waals surface area contributed by atoms with E-state index in [1.807, 2.05) is 18.0 Å². The summed E-state index contributed by atoms with van der Waals surface area (Å²) in [7, 11) is 1.94. The number of hydrogen-bond acceptors (Lipinski definition) is 3. The molecule has 0 amide bonds. The van der Waals surface area contributed by atoms with Crippen LogP contribution in [0.3, 0.4) is 0 Å². The molecule has 0 atom stereocenters. The van der Waals surface area contributed by atoms with Gasteiger partial charge in [-0.15, -0.1) is 0 Å². The molecular weight excluding hydrogens is 250 g/mol. The van der Waals surface area contributed by atoms with E-state index in [1.54, 1.807) is 12.1 Å². The van der Waals surface area contributed by atoms with Crippen LogP contribution in [0, 0.1) is 5.92 Å². The molecule has 18 heavy (non-hydrogen) atoms. The van der Waals surface area contributed by atoms with Crippen molar-refractivity contribution in [2.45, 2.75) is 12.8 Å². The lowest BCUT2D eigenvalue weighted by atomic mass is 10.2. The van der Waals surface area contributed by atoms with Crippen molar-refractivity contribution in [3.63, 3.8) is 0 Å². The molecule has 1 aliphatic rings. The molecule has 0 N–H and O–H groups in total. The van der Waals surface area contributed by atoms with Crippen LogP contribution >= 0.6 is 11.6 Å². The minimum atomic E-state index is 0.640. The summed E-state index contributed by atoms with van der Waals surface area (Å²) >= 11 is 5.96. The summed E-state index contributed by atoms with van der Waals surface area (Å²) in [5.74, 6) is 0.784. The summed E-state index contributed by atoms with van der Waals surface area (Å²) in [5.41, 5.74) is 1.51. The van der Waals surface area contributed by atoms with Gasteiger partial charge in [0.15, 0.2) is 6.29 Å². The monoisotopic (exact) mass is 267 g/mol. The fourth-order valence-electron chi connectivity index (χ4n) is 1.80. The Balaban J connectivity index is 1.87. The molecule has 0 aromatic heterocycles. The second-order valence-corrected chi connectivity index (χ2v) is 5.20. The van der Waals surface area contributed by atoms with E-state index in [1.165, 1.54) is 12.8 Å². The third kappa shape index (κ3) is 3.72. The first-order valence-electron chi connectivity index (χ1n) is 6.24. The number of rotatable bonds is 7. The molecule has 4 heteroatoms. The van der Waals surface area contributed by atoms with E-state index in [2.05, 4.69) is 0 Å². The van der Waals surface area contributed by atoms with Crippen molar-refractivity contribution in [2.24, 2.45) is 5.92 Å². The Labute approximate surface area is 113 Å². The number of anilines is 1. The van der Waals surface area contributed by atoms with Crippen molar-refractivity contribution in [3.05, 3.63) is 28.8 Å². The summed E-state index contributed by atoms with van der Waals surface area (Å²) in [4.78, 5) is 13.0. The molecule has 1 fully saturated rings. The average molecular weight is 268 g/mol. The SMILES string of the molecule is CN(CCOCC1CC1)c1cc(Cl)ccc1C=O. The number of carbonyl (C=O) groups is 1. The van der Waals surface area contributed by atoms with Crippen molar-refractivity contribution < 1.29 is 9.53 Å². The van der Waals surface area contributed by atoms with Crippen LogP contribution in [0.1, 0.15) is 23.2 Å². The van der Waals surface area contributed by atoms with Crippen molar-refractivity contribution in [1.29, 1.82) is 0 Å². The molecular formula is C14H18ClNO2. The molecule has 0 bridgehead atoms. The largest absolute Gasteiger partial charge is 0.379 e. The molecule has 0 heterocycles. The van der Waals surface area contributed by atoms with Crippen LogP contribution in [0.25, 0.3) is 0 Å². The number of likely N-dealkylation sites (N-methyl/N-ethyl adjacent to an activating group) is 1. The highest BCUT2D eigenvalue weighted by Gasteiger charge is 2.21. The molecule has 3 nitrogen and oxygen atoms in total. The van der Waals surface area contributed by atoms with E-state index in [0.717, 1.165) is 31.0 Å². The van der Waals surface area contributed by atoms with E-state index in [0.29, 0.717) is 17.2 Å². The Morgan fingerprint density at radius 3 is 2.94 bits per heavy atom. The van der Waals surface area contributed by atoms with E-state index < -0.39 is 0 Å². The summed E-state index contributed by atoms with van der Waals surface area (Å²) in [5, 5.41) is 0.640. The number of benzene rings is 1. The Hall–Kier alpha value is -1.06. The lowest BCUT2D eigenvalue weighted by Gasteiger charge is -2.21. The standard InChI is InChI=1S/C14H18ClNO2/c1-16(6-7-18-10-11-2-3-11)14-8-13(15)5-4-12(14)9-17/h4-5,8-9,11H,2-3,6-7,10H2,1H3. The zero-order valence-corrected chi connectivity index (χ0v) is 11.3. The number of ether oxygens (including phenoxy) is 1. The zero-order valence-electron chi connectivity index (χ0n) is 10.6. The molecule has 1 aromatic carbocycles. The van der Waals surface area contributed by atoms with Crippen LogP contribution in [-0.4, -0.2) is 33.1 Å². The molecule has 1 aliphatic carbocycles. The predicted octanol–water partition coefficient (Wildman–Crippen LogP) is 3.02. The van der Waals surface area contributed by atoms with Gasteiger partial charge in [0.2, 0.25) is 0 Å². The quantitative estimate of drug-likeness (QED) is 0.562. The molecule has 0 saturated heterocycles. The van der Waals surface area contributed by atoms with E-state index in [9.17, 15) is 4.79 Å². The highest BCUT2D eigenvalue weighted by molar-refractivity contribution is 6.31. The Kier molecular flexibility index (Phi) is 4.61. The maximum atomic E-state index is 11.0. The first-order chi connectivity index (χ1) is 8.70. The molecule has 98 valence electrons. The molecule has 1 aromatic rings. The van der Waals surface area contributed by atoms with Crippen molar-refractivity contribution in [2.75, 3.05) is 31.7 Å². The van der Waals surface area contributed by atoms with E-state index >= 15 is 0 Å². The van der Waals surface area contributed by atoms with E-state index in [-0.39, 0.29) is 0 Å². The summed E-state index contributed by atoms with van der Waals surface area (Å²) in [6, 6.07) is 5.28. The van der Waals surface area contributed by atoms with Crippen LogP contribution in [0.2, 0.25) is 5.02 Å². The van der Waals surface area contributed by atoms with Crippen LogP contribution < -0.4 is 4.90 Å². The van der Waals surface area contributed by atoms with Gasteiger partial charge in [-0.3, -0.25) is 4.79 Å². The third-order valence-corrected chi connectivity index (χ3v) is 3.39. The highest BCUT2D eigenvalue weighted by Crippen LogP contribution is 2.28. The van der Waals surface area contributed by atoms with E-state index in [4.69, 9.17) is 16.3 Å². The van der Waals surface area contributed by atoms with Crippen LogP contribution in [-0.2, 0) is 4.74 Å². The maximum Gasteiger partial charge on any atom is 0.152 e. The fourth-order valence-corrected chi connectivity index (χ4v) is 1.97. The fraction of sp³-hybridized carbons (Fsp3) is 0.500. The topological polar surface area (TPSA) is 29.5 Å². The van der Waals surface area contributed by atoms with Gasteiger partial charge in [-0.2, -0.15) is 0 Å². The average Bonchev–Trinajstić information content (AvgIpc) is 3.18. The van der Waals surface area contributed by atoms with Crippen LogP contribution in [0.15, 0.2) is 18.2 Å². The normalized spacial score (nSPS) is 14.6. The van der Waals surface area contributed by atoms with Crippen molar-refractivity contribution >= 4 is 23.6 Å². The highest BCUT2D eigenvalue weighted by atomic mass is 35.5. The number of carbonyl (C=O) groups excluding carboxylic acids is 1. The Morgan fingerprint density at radius 1 is 1.50 bits per heavy atom. The molecule has 0 spiro atoms. The van der Waals surface area contributed by atoms with Gasteiger partial charge >= 0.3 is 0 Å². The summed E-state index contributed by atoms with van der Waals surface area (Å²) < 4.78 is 5.59. The van der Waals surface area contributed by atoms with Gasteiger partial charge < -0.3 is 9.64 Å². The molecule has 0 aliphatic heterocycles. The zero-order chi connectivity index (χ0) is 13.0. The summed E-state index contributed by atoms with van der Waals surface area (Å²) in [6.07, 6.45) is 3.46. The lowest BCUT2D eigenvalue weighted by Crippen LogP contribution is -2.24. The number of halogens is 1. The minimum absolute atomic E-state index is 0.640. The smallest absolute Gasteiger partial charge is 0.152 e. The Morgan fingerprint density at radius 2 is 2.28 bits per heavy atom. The number of hydrogen-bond donors (Lipinski definition) is 0. The van der Waals surface area contributed by atoms with Gasteiger partial charge in [0.25, 0.3) is 0 Å². The van der Waals surface area contributed by atoms with Gasteiger partial charge in [0.1, 0.15) is 0 Å². The second-order valence-electron chi connectivity index (χ2n) is 4.76. The molecule has 0 unspecified atom stereocenters. The lowest BCUT2D eigenvalue weighted by molar-refractivity contribution is 0.112. The van der Waals surface area contributed by atoms with Crippen molar-refractivity contribution in [3.8, 4) is 0 Å².